The lowest BCUT2D eigenvalue weighted by atomic mass is 10.1. The molecule has 0 saturated heterocycles. The van der Waals surface area contributed by atoms with Crippen molar-refractivity contribution in [2.75, 3.05) is 6.54 Å². The van der Waals surface area contributed by atoms with E-state index in [-0.39, 0.29) is 21.6 Å². The molecule has 3 nitrogen and oxygen atoms in total. The number of hydrogen-bond donors (Lipinski definition) is 1. The zero-order valence-corrected chi connectivity index (χ0v) is 13.2. The molecule has 0 spiro atoms. The molecule has 0 bridgehead atoms. The van der Waals surface area contributed by atoms with E-state index in [1.165, 1.54) is 18.2 Å². The van der Waals surface area contributed by atoms with Gasteiger partial charge in [-0.1, -0.05) is 35.3 Å². The summed E-state index contributed by atoms with van der Waals surface area (Å²) in [6.07, 6.45) is 0.381. The van der Waals surface area contributed by atoms with Crippen molar-refractivity contribution in [3.8, 4) is 0 Å². The molecule has 0 aliphatic heterocycles. The van der Waals surface area contributed by atoms with Crippen LogP contribution in [0.1, 0.15) is 5.56 Å². The molecular weight excluding hydrogens is 344 g/mol. The lowest BCUT2D eigenvalue weighted by Gasteiger charge is -2.06. The maximum atomic E-state index is 13.0. The molecule has 0 amide bonds. The van der Waals surface area contributed by atoms with E-state index in [0.29, 0.717) is 16.3 Å². The first-order chi connectivity index (χ1) is 9.38. The number of nitrogens with one attached hydrogen (secondary N) is 1. The van der Waals surface area contributed by atoms with Gasteiger partial charge in [-0.15, -0.1) is 11.3 Å². The first-order valence-corrected chi connectivity index (χ1v) is 8.63. The Labute approximate surface area is 130 Å². The lowest BCUT2D eigenvalue weighted by Crippen LogP contribution is -2.25. The fourth-order valence-corrected chi connectivity index (χ4v) is 4.79. The third-order valence-corrected chi connectivity index (χ3v) is 5.72. The molecular formula is C12H10Cl2FNO2S2. The van der Waals surface area contributed by atoms with E-state index in [0.717, 1.165) is 11.3 Å². The van der Waals surface area contributed by atoms with Gasteiger partial charge in [0.25, 0.3) is 0 Å². The van der Waals surface area contributed by atoms with Crippen LogP contribution in [-0.4, -0.2) is 15.0 Å². The van der Waals surface area contributed by atoms with Crippen LogP contribution in [0.5, 0.6) is 0 Å². The van der Waals surface area contributed by atoms with Crippen molar-refractivity contribution in [1.29, 1.82) is 0 Å². The monoisotopic (exact) mass is 353 g/mol. The van der Waals surface area contributed by atoms with E-state index in [9.17, 15) is 12.8 Å². The summed E-state index contributed by atoms with van der Waals surface area (Å²) in [5.41, 5.74) is 0.710. The Kier molecular flexibility index (Phi) is 5.04. The molecule has 1 aromatic carbocycles. The Balaban J connectivity index is 2.01. The van der Waals surface area contributed by atoms with Gasteiger partial charge in [0.05, 0.1) is 4.34 Å². The summed E-state index contributed by atoms with van der Waals surface area (Å²) in [7, 11) is -3.70. The van der Waals surface area contributed by atoms with Gasteiger partial charge in [0.1, 0.15) is 15.0 Å². The molecule has 20 heavy (non-hydrogen) atoms. The quantitative estimate of drug-likeness (QED) is 0.890. The summed E-state index contributed by atoms with van der Waals surface area (Å²) in [5.74, 6) is -0.349. The molecule has 0 aliphatic carbocycles. The predicted molar refractivity (Wildman–Crippen MR) is 79.6 cm³/mol. The Bertz CT molecular complexity index is 716. The Morgan fingerprint density at radius 1 is 1.25 bits per heavy atom. The highest BCUT2D eigenvalue weighted by atomic mass is 35.5. The van der Waals surface area contributed by atoms with Crippen molar-refractivity contribution < 1.29 is 12.8 Å². The summed E-state index contributed by atoms with van der Waals surface area (Å²) in [5, 5.41) is 0. The molecule has 1 N–H and O–H groups in total. The molecule has 1 aromatic heterocycles. The van der Waals surface area contributed by atoms with E-state index in [1.807, 2.05) is 0 Å². The third-order valence-electron chi connectivity index (χ3n) is 2.51. The molecule has 1 heterocycles. The topological polar surface area (TPSA) is 46.2 Å². The highest BCUT2D eigenvalue weighted by Gasteiger charge is 2.20. The first kappa shape index (κ1) is 15.7. The standard InChI is InChI=1S/C12H10Cl2FNO2S2/c13-11-7-10(12(14)19-11)20(17,18)16-5-4-8-2-1-3-9(15)6-8/h1-3,6-7,16H,4-5H2. The average molecular weight is 354 g/mol. The molecule has 8 heteroatoms. The largest absolute Gasteiger partial charge is 0.242 e. The molecule has 0 atom stereocenters. The van der Waals surface area contributed by atoms with Crippen LogP contribution in [0.25, 0.3) is 0 Å². The van der Waals surface area contributed by atoms with Crippen molar-refractivity contribution in [2.45, 2.75) is 11.3 Å². The summed E-state index contributed by atoms with van der Waals surface area (Å²) in [6.45, 7) is 0.148. The van der Waals surface area contributed by atoms with Crippen molar-refractivity contribution >= 4 is 44.6 Å². The summed E-state index contributed by atoms with van der Waals surface area (Å²) < 4.78 is 39.8. The van der Waals surface area contributed by atoms with Crippen molar-refractivity contribution in [1.82, 2.24) is 4.72 Å². The van der Waals surface area contributed by atoms with Crippen LogP contribution < -0.4 is 4.72 Å². The van der Waals surface area contributed by atoms with Crippen LogP contribution in [0, 0.1) is 5.82 Å². The molecule has 0 fully saturated rings. The number of sulfonamides is 1. The maximum absolute atomic E-state index is 13.0. The maximum Gasteiger partial charge on any atom is 0.242 e. The smallest absolute Gasteiger partial charge is 0.211 e. The second-order valence-electron chi connectivity index (χ2n) is 3.97. The van der Waals surface area contributed by atoms with Gasteiger partial charge in [-0.2, -0.15) is 0 Å². The normalized spacial score (nSPS) is 11.8. The highest BCUT2D eigenvalue weighted by molar-refractivity contribution is 7.89. The zero-order valence-electron chi connectivity index (χ0n) is 10.1. The second kappa shape index (κ2) is 6.41. The van der Waals surface area contributed by atoms with Gasteiger partial charge >= 0.3 is 0 Å². The lowest BCUT2D eigenvalue weighted by molar-refractivity contribution is 0.582. The van der Waals surface area contributed by atoms with Gasteiger partial charge in [-0.05, 0) is 30.2 Å². The van der Waals surface area contributed by atoms with Crippen LogP contribution in [0.15, 0.2) is 35.2 Å². The van der Waals surface area contributed by atoms with Gasteiger partial charge in [0.15, 0.2) is 0 Å². The molecule has 108 valence electrons. The minimum absolute atomic E-state index is 0.0339. The molecule has 0 unspecified atom stereocenters. The molecule has 0 aliphatic rings. The Hall–Kier alpha value is -0.660. The SMILES string of the molecule is O=S(=O)(NCCc1cccc(F)c1)c1cc(Cl)sc1Cl. The number of halogens is 3. The average Bonchev–Trinajstić information content (AvgIpc) is 2.69. The minimum Gasteiger partial charge on any atom is -0.211 e. The zero-order chi connectivity index (χ0) is 14.8. The highest BCUT2D eigenvalue weighted by Crippen LogP contribution is 2.33. The Morgan fingerprint density at radius 3 is 2.60 bits per heavy atom. The van der Waals surface area contributed by atoms with Crippen molar-refractivity contribution in [2.24, 2.45) is 0 Å². The van der Waals surface area contributed by atoms with Gasteiger partial charge in [-0.25, -0.2) is 17.5 Å². The van der Waals surface area contributed by atoms with Crippen LogP contribution in [0.3, 0.4) is 0 Å². The van der Waals surface area contributed by atoms with E-state index in [4.69, 9.17) is 23.2 Å². The fraction of sp³-hybridized carbons (Fsp3) is 0.167. The van der Waals surface area contributed by atoms with Crippen molar-refractivity contribution in [3.63, 3.8) is 0 Å². The minimum atomic E-state index is -3.70. The molecule has 0 saturated carbocycles. The van der Waals surface area contributed by atoms with E-state index < -0.39 is 10.0 Å². The number of thiophene rings is 1. The predicted octanol–water partition coefficient (Wildman–Crippen LogP) is 3.72. The van der Waals surface area contributed by atoms with Crippen molar-refractivity contribution in [3.05, 3.63) is 50.4 Å². The van der Waals surface area contributed by atoms with E-state index >= 15 is 0 Å². The Morgan fingerprint density at radius 2 is 2.00 bits per heavy atom. The third kappa shape index (κ3) is 3.93. The van der Waals surface area contributed by atoms with Crippen LogP contribution in [0.4, 0.5) is 4.39 Å². The van der Waals surface area contributed by atoms with Crippen LogP contribution in [-0.2, 0) is 16.4 Å². The van der Waals surface area contributed by atoms with Gasteiger partial charge in [0.2, 0.25) is 10.0 Å². The summed E-state index contributed by atoms with van der Waals surface area (Å²) >= 11 is 12.5. The first-order valence-electron chi connectivity index (χ1n) is 5.57. The molecule has 0 radical (unpaired) electrons. The molecule has 2 aromatic rings. The van der Waals surface area contributed by atoms with Gasteiger partial charge < -0.3 is 0 Å². The summed E-state index contributed by atoms with van der Waals surface area (Å²) in [6, 6.07) is 7.31. The van der Waals surface area contributed by atoms with Gasteiger partial charge in [-0.3, -0.25) is 0 Å². The van der Waals surface area contributed by atoms with Crippen LogP contribution >= 0.6 is 34.5 Å². The van der Waals surface area contributed by atoms with E-state index in [2.05, 4.69) is 4.72 Å². The second-order valence-corrected chi connectivity index (χ2v) is 7.99. The van der Waals surface area contributed by atoms with E-state index in [1.54, 1.807) is 12.1 Å². The van der Waals surface area contributed by atoms with Gasteiger partial charge in [0, 0.05) is 6.54 Å². The number of hydrogen-bond acceptors (Lipinski definition) is 3. The van der Waals surface area contributed by atoms with Crippen LogP contribution in [0.2, 0.25) is 8.67 Å². The number of benzene rings is 1. The fourth-order valence-electron chi connectivity index (χ4n) is 1.61. The number of rotatable bonds is 5. The summed E-state index contributed by atoms with van der Waals surface area (Å²) in [4.78, 5) is -0.0339. The molecule has 2 rings (SSSR count).